The number of hydrazine groups is 1. The molecule has 0 saturated heterocycles. The lowest BCUT2D eigenvalue weighted by molar-refractivity contribution is -0.310. The van der Waals surface area contributed by atoms with E-state index in [0.717, 1.165) is 0 Å². The Morgan fingerprint density at radius 1 is 1.15 bits per heavy atom. The molecule has 1 rings (SSSR count). The second kappa shape index (κ2) is 3.19. The van der Waals surface area contributed by atoms with Gasteiger partial charge in [-0.2, -0.15) is 0 Å². The van der Waals surface area contributed by atoms with E-state index in [2.05, 4.69) is 0 Å². The van der Waals surface area contributed by atoms with Crippen LogP contribution in [0.3, 0.4) is 0 Å². The van der Waals surface area contributed by atoms with Crippen LogP contribution in [0.1, 0.15) is 0 Å². The zero-order valence-electron chi connectivity index (χ0n) is 6.75. The lowest BCUT2D eigenvalue weighted by Gasteiger charge is -2.27. The van der Waals surface area contributed by atoms with Gasteiger partial charge in [-0.15, -0.1) is 0 Å². The molecule has 7 N–H and O–H groups in total. The summed E-state index contributed by atoms with van der Waals surface area (Å²) in [6, 6.07) is 6.20. The van der Waals surface area contributed by atoms with Crippen LogP contribution in [0.4, 0.5) is 11.4 Å². The molecule has 6 nitrogen and oxygen atoms in total. The number of hydrogen-bond donors (Lipinski definition) is 5. The molecule has 0 bridgehead atoms. The Hall–Kier alpha value is -1.34. The number of benzene rings is 1. The fraction of sp³-hybridized carbons (Fsp3) is 0.143. The Morgan fingerprint density at radius 2 is 1.69 bits per heavy atom. The van der Waals surface area contributed by atoms with E-state index in [0.29, 0.717) is 5.01 Å². The van der Waals surface area contributed by atoms with Gasteiger partial charge < -0.3 is 21.1 Å². The summed E-state index contributed by atoms with van der Waals surface area (Å²) in [7, 11) is 0. The number of anilines is 2. The van der Waals surface area contributed by atoms with E-state index < -0.39 is 6.10 Å². The minimum atomic E-state index is -3.12. The van der Waals surface area contributed by atoms with Crippen molar-refractivity contribution < 1.29 is 15.3 Å². The number of nitrogens with zero attached hydrogens (tertiary/aromatic N) is 1. The summed E-state index contributed by atoms with van der Waals surface area (Å²) >= 11 is 0. The van der Waals surface area contributed by atoms with Gasteiger partial charge in [-0.3, -0.25) is 0 Å². The lowest BCUT2D eigenvalue weighted by atomic mass is 10.2. The summed E-state index contributed by atoms with van der Waals surface area (Å²) in [5, 5.41) is 26.5. The Bertz CT molecular complexity index is 297. The topological polar surface area (TPSA) is 116 Å². The second-order valence-electron chi connectivity index (χ2n) is 2.53. The molecule has 0 saturated carbocycles. The molecule has 0 aliphatic carbocycles. The maximum atomic E-state index is 8.72. The van der Waals surface area contributed by atoms with Crippen molar-refractivity contribution in [3.63, 3.8) is 0 Å². The first kappa shape index (κ1) is 9.75. The number of hydrogen-bond acceptors (Lipinski definition) is 6. The monoisotopic (exact) mass is 185 g/mol. The molecule has 0 aliphatic heterocycles. The quantitative estimate of drug-likeness (QED) is 0.166. The molecule has 0 heterocycles. The summed E-state index contributed by atoms with van der Waals surface area (Å²) in [4.78, 5) is 0. The van der Waals surface area contributed by atoms with Gasteiger partial charge in [0.2, 0.25) is 0 Å². The van der Waals surface area contributed by atoms with Crippen molar-refractivity contribution in [2.45, 2.75) is 6.10 Å². The highest BCUT2D eigenvalue weighted by Crippen LogP contribution is 2.22. The third-order valence-corrected chi connectivity index (χ3v) is 1.52. The average molecular weight is 185 g/mol. The van der Waals surface area contributed by atoms with Gasteiger partial charge in [0.05, 0.1) is 11.4 Å². The molecule has 0 atom stereocenters. The summed E-state index contributed by atoms with van der Waals surface area (Å²) in [5.41, 5.74) is 5.81. The van der Waals surface area contributed by atoms with Crippen LogP contribution in [0.2, 0.25) is 0 Å². The number of rotatable bonds is 2. The Balaban J connectivity index is 3.02. The molecule has 0 unspecified atom stereocenters. The van der Waals surface area contributed by atoms with E-state index in [4.69, 9.17) is 26.9 Å². The van der Waals surface area contributed by atoms with Crippen molar-refractivity contribution in [2.24, 2.45) is 5.84 Å². The molecule has 0 radical (unpaired) electrons. The van der Waals surface area contributed by atoms with Crippen LogP contribution in [0.5, 0.6) is 0 Å². The molecule has 72 valence electrons. The smallest absolute Gasteiger partial charge is 0.383 e. The van der Waals surface area contributed by atoms with Gasteiger partial charge in [0.15, 0.2) is 0 Å². The Morgan fingerprint density at radius 3 is 2.15 bits per heavy atom. The van der Waals surface area contributed by atoms with Crippen LogP contribution < -0.4 is 16.6 Å². The standard InChI is InChI=1S/C7H11N3O3/c8-5-3-1-2-4-6(5)10(9)7(11,12)13/h1-4,11-13H,8-9H2. The van der Waals surface area contributed by atoms with Crippen LogP contribution in [0.25, 0.3) is 0 Å². The highest BCUT2D eigenvalue weighted by Gasteiger charge is 2.27. The molecule has 0 spiro atoms. The van der Waals surface area contributed by atoms with Crippen molar-refractivity contribution in [1.82, 2.24) is 0 Å². The van der Waals surface area contributed by atoms with E-state index >= 15 is 0 Å². The molecular formula is C7H11N3O3. The van der Waals surface area contributed by atoms with Gasteiger partial charge in [0.25, 0.3) is 0 Å². The molecule has 6 heteroatoms. The van der Waals surface area contributed by atoms with E-state index in [1.54, 1.807) is 12.1 Å². The SMILES string of the molecule is Nc1ccccc1N(N)C(O)(O)O. The fourth-order valence-electron chi connectivity index (χ4n) is 0.869. The van der Waals surface area contributed by atoms with Crippen molar-refractivity contribution in [1.29, 1.82) is 0 Å². The molecule has 1 aromatic rings. The number of nitrogen functional groups attached to an aromatic ring is 1. The predicted octanol–water partition coefficient (Wildman–Crippen LogP) is -1.46. The third-order valence-electron chi connectivity index (χ3n) is 1.52. The number of para-hydroxylation sites is 2. The molecule has 0 aliphatic rings. The van der Waals surface area contributed by atoms with Gasteiger partial charge in [-0.25, -0.2) is 10.9 Å². The van der Waals surface area contributed by atoms with Crippen LogP contribution >= 0.6 is 0 Å². The molecule has 1 aromatic carbocycles. The normalized spacial score (nSPS) is 11.4. The van der Waals surface area contributed by atoms with Gasteiger partial charge in [0, 0.05) is 0 Å². The zero-order chi connectivity index (χ0) is 10.1. The maximum Gasteiger partial charge on any atom is 0.383 e. The first-order valence-corrected chi connectivity index (χ1v) is 3.49. The van der Waals surface area contributed by atoms with Crippen molar-refractivity contribution in [3.8, 4) is 0 Å². The van der Waals surface area contributed by atoms with Crippen molar-refractivity contribution in [3.05, 3.63) is 24.3 Å². The summed E-state index contributed by atoms with van der Waals surface area (Å²) in [5.74, 6) is 5.18. The first-order valence-electron chi connectivity index (χ1n) is 3.49. The van der Waals surface area contributed by atoms with Gasteiger partial charge in [-0.1, -0.05) is 12.1 Å². The number of nitrogens with two attached hydrogens (primary N) is 2. The Labute approximate surface area is 74.6 Å². The summed E-state index contributed by atoms with van der Waals surface area (Å²) < 4.78 is 0. The predicted molar refractivity (Wildman–Crippen MR) is 46.9 cm³/mol. The van der Waals surface area contributed by atoms with E-state index in [1.807, 2.05) is 0 Å². The van der Waals surface area contributed by atoms with Crippen LogP contribution in [0, 0.1) is 0 Å². The van der Waals surface area contributed by atoms with E-state index in [-0.39, 0.29) is 11.4 Å². The zero-order valence-corrected chi connectivity index (χ0v) is 6.75. The maximum absolute atomic E-state index is 8.72. The summed E-state index contributed by atoms with van der Waals surface area (Å²) in [6.07, 6.45) is -3.12. The largest absolute Gasteiger partial charge is 0.397 e. The third kappa shape index (κ3) is 2.07. The first-order chi connectivity index (χ1) is 5.93. The fourth-order valence-corrected chi connectivity index (χ4v) is 0.869. The minimum Gasteiger partial charge on any atom is -0.397 e. The molecule has 0 fully saturated rings. The van der Waals surface area contributed by atoms with Gasteiger partial charge in [-0.05, 0) is 12.1 Å². The molecule has 0 amide bonds. The lowest BCUT2D eigenvalue weighted by Crippen LogP contribution is -2.53. The highest BCUT2D eigenvalue weighted by atomic mass is 16.7. The van der Waals surface area contributed by atoms with Crippen molar-refractivity contribution >= 4 is 11.4 Å². The van der Waals surface area contributed by atoms with Gasteiger partial charge >= 0.3 is 6.10 Å². The van der Waals surface area contributed by atoms with Crippen LogP contribution in [-0.2, 0) is 0 Å². The van der Waals surface area contributed by atoms with E-state index in [1.165, 1.54) is 12.1 Å². The second-order valence-corrected chi connectivity index (χ2v) is 2.53. The average Bonchev–Trinajstić information content (AvgIpc) is 2.02. The van der Waals surface area contributed by atoms with Crippen LogP contribution in [-0.4, -0.2) is 21.4 Å². The summed E-state index contributed by atoms with van der Waals surface area (Å²) in [6.45, 7) is 0. The van der Waals surface area contributed by atoms with E-state index in [9.17, 15) is 0 Å². The molecule has 0 aromatic heterocycles. The van der Waals surface area contributed by atoms with Crippen LogP contribution in [0.15, 0.2) is 24.3 Å². The Kier molecular flexibility index (Phi) is 2.39. The van der Waals surface area contributed by atoms with Gasteiger partial charge in [0.1, 0.15) is 0 Å². The highest BCUT2D eigenvalue weighted by molar-refractivity contribution is 5.66. The molecule has 13 heavy (non-hydrogen) atoms. The minimum absolute atomic E-state index is 0.120. The molecular weight excluding hydrogens is 174 g/mol. The number of aliphatic hydroxyl groups is 3. The van der Waals surface area contributed by atoms with Crippen molar-refractivity contribution in [2.75, 3.05) is 10.7 Å².